The van der Waals surface area contributed by atoms with Gasteiger partial charge in [-0.3, -0.25) is 14.5 Å². The van der Waals surface area contributed by atoms with Gasteiger partial charge in [0.1, 0.15) is 12.2 Å². The van der Waals surface area contributed by atoms with Crippen LogP contribution in [0.4, 0.5) is 5.95 Å². The Morgan fingerprint density at radius 2 is 1.74 bits per heavy atom. The third kappa shape index (κ3) is 4.00. The summed E-state index contributed by atoms with van der Waals surface area (Å²) in [5.74, 6) is -0.395. The number of hydrogen-bond acceptors (Lipinski definition) is 6. The van der Waals surface area contributed by atoms with Gasteiger partial charge in [-0.05, 0) is 36.1 Å². The first-order valence-corrected chi connectivity index (χ1v) is 10.0. The molecule has 5 rings (SSSR count). The van der Waals surface area contributed by atoms with E-state index in [2.05, 4.69) is 49.6 Å². The van der Waals surface area contributed by atoms with E-state index in [-0.39, 0.29) is 12.6 Å². The van der Waals surface area contributed by atoms with Crippen molar-refractivity contribution in [2.45, 2.75) is 25.4 Å². The zero-order valence-electron chi connectivity index (χ0n) is 16.6. The van der Waals surface area contributed by atoms with Gasteiger partial charge in [-0.15, -0.1) is 0 Å². The van der Waals surface area contributed by atoms with Crippen molar-refractivity contribution in [3.63, 3.8) is 0 Å². The molecule has 154 valence electrons. The standard InChI is InChI=1S/C23H20N6O2/c30-21(31)14-29-13-19(22(28-29)20-7-3-4-8-24-20)17-11-25-23(26-12-17)27-18-9-15-5-1-2-6-16(15)10-18/h1-8,11-13,18H,9-10,14H2,(H,30,31)(H,25,26,27). The van der Waals surface area contributed by atoms with Gasteiger partial charge >= 0.3 is 5.97 Å². The van der Waals surface area contributed by atoms with Crippen molar-refractivity contribution in [1.82, 2.24) is 24.7 Å². The smallest absolute Gasteiger partial charge is 0.325 e. The van der Waals surface area contributed by atoms with Gasteiger partial charge in [0.05, 0.1) is 5.69 Å². The number of carboxylic acid groups (broad SMARTS) is 1. The second-order valence-electron chi connectivity index (χ2n) is 7.51. The van der Waals surface area contributed by atoms with Crippen molar-refractivity contribution in [3.8, 4) is 22.5 Å². The van der Waals surface area contributed by atoms with Crippen molar-refractivity contribution >= 4 is 11.9 Å². The summed E-state index contributed by atoms with van der Waals surface area (Å²) in [5.41, 5.74) is 5.47. The summed E-state index contributed by atoms with van der Waals surface area (Å²) in [5, 5.41) is 17.0. The maximum Gasteiger partial charge on any atom is 0.325 e. The zero-order chi connectivity index (χ0) is 21.2. The van der Waals surface area contributed by atoms with Crippen LogP contribution in [0.25, 0.3) is 22.5 Å². The SMILES string of the molecule is O=C(O)Cn1cc(-c2cnc(NC3Cc4ccccc4C3)nc2)c(-c2ccccn2)n1. The number of fused-ring (bicyclic) bond motifs is 1. The number of nitrogens with one attached hydrogen (secondary N) is 1. The lowest BCUT2D eigenvalue weighted by Gasteiger charge is -2.12. The topological polar surface area (TPSA) is 106 Å². The van der Waals surface area contributed by atoms with E-state index in [0.717, 1.165) is 24.0 Å². The molecule has 0 spiro atoms. The van der Waals surface area contributed by atoms with Crippen LogP contribution >= 0.6 is 0 Å². The Morgan fingerprint density at radius 1 is 1.03 bits per heavy atom. The zero-order valence-corrected chi connectivity index (χ0v) is 16.6. The number of aliphatic carboxylic acids is 1. The van der Waals surface area contributed by atoms with Crippen LogP contribution in [0, 0.1) is 0 Å². The summed E-state index contributed by atoms with van der Waals surface area (Å²) in [7, 11) is 0. The van der Waals surface area contributed by atoms with Crippen molar-refractivity contribution in [2.75, 3.05) is 5.32 Å². The Morgan fingerprint density at radius 3 is 2.39 bits per heavy atom. The molecule has 1 aliphatic carbocycles. The van der Waals surface area contributed by atoms with Gasteiger partial charge < -0.3 is 10.4 Å². The van der Waals surface area contributed by atoms with Crippen LogP contribution in [-0.4, -0.2) is 41.9 Å². The lowest BCUT2D eigenvalue weighted by atomic mass is 10.1. The molecule has 31 heavy (non-hydrogen) atoms. The number of carboxylic acids is 1. The van der Waals surface area contributed by atoms with Crippen molar-refractivity contribution in [1.29, 1.82) is 0 Å². The van der Waals surface area contributed by atoms with Crippen LogP contribution in [0.5, 0.6) is 0 Å². The monoisotopic (exact) mass is 412 g/mol. The van der Waals surface area contributed by atoms with Gasteiger partial charge in [0.2, 0.25) is 5.95 Å². The molecule has 0 radical (unpaired) electrons. The van der Waals surface area contributed by atoms with Crippen LogP contribution in [0.15, 0.2) is 67.3 Å². The van der Waals surface area contributed by atoms with Crippen LogP contribution in [0.2, 0.25) is 0 Å². The fraction of sp³-hybridized carbons (Fsp3) is 0.174. The lowest BCUT2D eigenvalue weighted by Crippen LogP contribution is -2.20. The number of benzene rings is 1. The van der Waals surface area contributed by atoms with Crippen molar-refractivity contribution in [2.24, 2.45) is 0 Å². The second-order valence-corrected chi connectivity index (χ2v) is 7.51. The Hall–Kier alpha value is -4.07. The second kappa shape index (κ2) is 7.98. The fourth-order valence-corrected chi connectivity index (χ4v) is 3.93. The van der Waals surface area contributed by atoms with E-state index in [9.17, 15) is 4.79 Å². The Labute approximate surface area is 178 Å². The summed E-state index contributed by atoms with van der Waals surface area (Å²) >= 11 is 0. The molecule has 8 heteroatoms. The molecule has 0 atom stereocenters. The quantitative estimate of drug-likeness (QED) is 0.501. The summed E-state index contributed by atoms with van der Waals surface area (Å²) in [6.45, 7) is -0.234. The number of rotatable bonds is 6. The molecule has 1 aliphatic rings. The van der Waals surface area contributed by atoms with Gasteiger partial charge in [-0.25, -0.2) is 9.97 Å². The van der Waals surface area contributed by atoms with E-state index >= 15 is 0 Å². The van der Waals surface area contributed by atoms with E-state index in [1.807, 2.05) is 18.2 Å². The van der Waals surface area contributed by atoms with E-state index < -0.39 is 5.97 Å². The number of anilines is 1. The molecular formula is C23H20N6O2. The largest absolute Gasteiger partial charge is 0.480 e. The van der Waals surface area contributed by atoms with E-state index in [1.54, 1.807) is 24.8 Å². The molecule has 0 unspecified atom stereocenters. The maximum absolute atomic E-state index is 11.1. The van der Waals surface area contributed by atoms with Gasteiger partial charge in [0, 0.05) is 42.0 Å². The highest BCUT2D eigenvalue weighted by molar-refractivity contribution is 5.78. The van der Waals surface area contributed by atoms with Crippen molar-refractivity contribution < 1.29 is 9.90 Å². The van der Waals surface area contributed by atoms with Crippen LogP contribution in [0.3, 0.4) is 0 Å². The van der Waals surface area contributed by atoms with Gasteiger partial charge in [0.25, 0.3) is 0 Å². The minimum atomic E-state index is -0.963. The normalized spacial score (nSPS) is 13.2. The first kappa shape index (κ1) is 18.9. The number of carbonyl (C=O) groups is 1. The molecule has 0 amide bonds. The summed E-state index contributed by atoms with van der Waals surface area (Å²) < 4.78 is 1.39. The lowest BCUT2D eigenvalue weighted by molar-refractivity contribution is -0.137. The van der Waals surface area contributed by atoms with Crippen LogP contribution < -0.4 is 5.32 Å². The third-order valence-corrected chi connectivity index (χ3v) is 5.31. The van der Waals surface area contributed by atoms with E-state index in [0.29, 0.717) is 17.3 Å². The average molecular weight is 412 g/mol. The van der Waals surface area contributed by atoms with Gasteiger partial charge in [0.15, 0.2) is 0 Å². The fourth-order valence-electron chi connectivity index (χ4n) is 3.93. The highest BCUT2D eigenvalue weighted by atomic mass is 16.4. The average Bonchev–Trinajstić information content (AvgIpc) is 3.38. The Kier molecular flexibility index (Phi) is 4.87. The molecule has 2 N–H and O–H groups in total. The summed E-state index contributed by atoms with van der Waals surface area (Å²) in [6, 6.07) is 14.3. The van der Waals surface area contributed by atoms with E-state index in [1.165, 1.54) is 15.8 Å². The summed E-state index contributed by atoms with van der Waals surface area (Å²) in [4.78, 5) is 24.5. The molecule has 1 aromatic carbocycles. The molecule has 0 saturated carbocycles. The molecule has 3 heterocycles. The van der Waals surface area contributed by atoms with Gasteiger partial charge in [-0.1, -0.05) is 30.3 Å². The molecule has 8 nitrogen and oxygen atoms in total. The molecule has 3 aromatic heterocycles. The molecule has 0 fully saturated rings. The van der Waals surface area contributed by atoms with E-state index in [4.69, 9.17) is 5.11 Å². The number of nitrogens with zero attached hydrogens (tertiary/aromatic N) is 5. The molecule has 0 aliphatic heterocycles. The number of pyridine rings is 1. The Balaban J connectivity index is 1.39. The molecule has 0 bridgehead atoms. The Bertz CT molecular complexity index is 1200. The first-order valence-electron chi connectivity index (χ1n) is 10.0. The number of hydrogen-bond donors (Lipinski definition) is 2. The van der Waals surface area contributed by atoms with Gasteiger partial charge in [-0.2, -0.15) is 5.10 Å². The minimum Gasteiger partial charge on any atom is -0.480 e. The molecule has 4 aromatic rings. The minimum absolute atomic E-state index is 0.234. The van der Waals surface area contributed by atoms with Crippen LogP contribution in [0.1, 0.15) is 11.1 Å². The highest BCUT2D eigenvalue weighted by Gasteiger charge is 2.22. The predicted molar refractivity (Wildman–Crippen MR) is 115 cm³/mol. The van der Waals surface area contributed by atoms with Crippen molar-refractivity contribution in [3.05, 3.63) is 78.4 Å². The predicted octanol–water partition coefficient (Wildman–Crippen LogP) is 3.07. The maximum atomic E-state index is 11.1. The highest BCUT2D eigenvalue weighted by Crippen LogP contribution is 2.30. The van der Waals surface area contributed by atoms with Crippen LogP contribution in [-0.2, 0) is 24.2 Å². The molecule has 0 saturated heterocycles. The first-order chi connectivity index (χ1) is 15.2. The third-order valence-electron chi connectivity index (χ3n) is 5.31. The summed E-state index contributed by atoms with van der Waals surface area (Å²) in [6.07, 6.45) is 8.73. The molecular weight excluding hydrogens is 392 g/mol. The number of aromatic nitrogens is 5.